The number of nitrogens with zero attached hydrogens (tertiary/aromatic N) is 1. The first kappa shape index (κ1) is 32.2. The van der Waals surface area contributed by atoms with Crippen LogP contribution in [0, 0.1) is 6.92 Å². The van der Waals surface area contributed by atoms with Gasteiger partial charge in [0.15, 0.2) is 0 Å². The van der Waals surface area contributed by atoms with Crippen molar-refractivity contribution in [2.75, 3.05) is 38.3 Å². The molecule has 0 bridgehead atoms. The van der Waals surface area contributed by atoms with Crippen LogP contribution in [0.1, 0.15) is 57.7 Å². The van der Waals surface area contributed by atoms with Gasteiger partial charge < -0.3 is 30.1 Å². The van der Waals surface area contributed by atoms with Crippen molar-refractivity contribution in [1.82, 2.24) is 15.5 Å². The van der Waals surface area contributed by atoms with Crippen LogP contribution in [-0.2, 0) is 23.9 Å². The molecule has 11 heteroatoms. The summed E-state index contributed by atoms with van der Waals surface area (Å²) in [6, 6.07) is 5.05. The highest BCUT2D eigenvalue weighted by Gasteiger charge is 2.36. The first-order chi connectivity index (χ1) is 17.4. The van der Waals surface area contributed by atoms with Crippen LogP contribution in [0.25, 0.3) is 0 Å². The highest BCUT2D eigenvalue weighted by atomic mass is 32.2. The van der Waals surface area contributed by atoms with E-state index in [1.807, 2.05) is 25.3 Å². The summed E-state index contributed by atoms with van der Waals surface area (Å²) in [4.78, 5) is 52.8. The predicted molar refractivity (Wildman–Crippen MR) is 143 cm³/mol. The van der Waals surface area contributed by atoms with Gasteiger partial charge in [-0.25, -0.2) is 4.79 Å². The number of carbonyl (C=O) groups is 4. The summed E-state index contributed by atoms with van der Waals surface area (Å²) >= 11 is 1.51. The standard InChI is InChI=1S/C26H41N3O7S/c1-7-35-21(31)12-14-27-23(32)22(19-11-9-8-10-18(19)2)29(15-16-30)24(33)20(13-17-37-6)28-25(34)36-26(3,4)5/h8-11,20,22,30H,7,12-17H2,1-6H3,(H,27,32)(H,28,34). The van der Waals surface area contributed by atoms with Crippen LogP contribution in [0.4, 0.5) is 4.79 Å². The number of aliphatic hydroxyl groups excluding tert-OH is 1. The molecule has 0 aliphatic carbocycles. The van der Waals surface area contributed by atoms with Gasteiger partial charge in [0.05, 0.1) is 19.6 Å². The lowest BCUT2D eigenvalue weighted by atomic mass is 9.98. The number of hydrogen-bond acceptors (Lipinski definition) is 8. The Bertz CT molecular complexity index is 904. The van der Waals surface area contributed by atoms with Gasteiger partial charge in [-0.1, -0.05) is 24.3 Å². The average Bonchev–Trinajstić information content (AvgIpc) is 2.81. The van der Waals surface area contributed by atoms with Crippen molar-refractivity contribution in [2.24, 2.45) is 0 Å². The second-order valence-corrected chi connectivity index (χ2v) is 10.3. The van der Waals surface area contributed by atoms with Crippen LogP contribution in [0.5, 0.6) is 0 Å². The lowest BCUT2D eigenvalue weighted by Gasteiger charge is -2.34. The van der Waals surface area contributed by atoms with E-state index in [0.717, 1.165) is 5.56 Å². The van der Waals surface area contributed by atoms with E-state index in [0.29, 0.717) is 17.7 Å². The van der Waals surface area contributed by atoms with Crippen LogP contribution in [0.15, 0.2) is 24.3 Å². The minimum atomic E-state index is -1.10. The fraction of sp³-hybridized carbons (Fsp3) is 0.615. The molecular formula is C26H41N3O7S. The zero-order chi connectivity index (χ0) is 28.0. The van der Waals surface area contributed by atoms with Gasteiger partial charge in [0.2, 0.25) is 11.8 Å². The molecule has 0 spiro atoms. The molecule has 0 fully saturated rings. The Morgan fingerprint density at radius 3 is 2.41 bits per heavy atom. The molecule has 3 amide bonds. The molecule has 0 saturated carbocycles. The maximum absolute atomic E-state index is 13.8. The fourth-order valence-electron chi connectivity index (χ4n) is 3.58. The predicted octanol–water partition coefficient (Wildman–Crippen LogP) is 2.57. The third-order valence-corrected chi connectivity index (χ3v) is 5.84. The largest absolute Gasteiger partial charge is 0.466 e. The van der Waals surface area contributed by atoms with Crippen LogP contribution in [-0.4, -0.2) is 83.8 Å². The average molecular weight is 540 g/mol. The second-order valence-electron chi connectivity index (χ2n) is 9.34. The van der Waals surface area contributed by atoms with Crippen molar-refractivity contribution in [2.45, 2.75) is 65.1 Å². The molecule has 0 aliphatic heterocycles. The van der Waals surface area contributed by atoms with Gasteiger partial charge in [0, 0.05) is 13.1 Å². The number of benzene rings is 1. The Hall–Kier alpha value is -2.79. The van der Waals surface area contributed by atoms with Gasteiger partial charge in [-0.3, -0.25) is 14.4 Å². The lowest BCUT2D eigenvalue weighted by Crippen LogP contribution is -2.54. The molecule has 0 heterocycles. The maximum Gasteiger partial charge on any atom is 0.408 e. The first-order valence-corrected chi connectivity index (χ1v) is 13.7. The zero-order valence-electron chi connectivity index (χ0n) is 22.7. The van der Waals surface area contributed by atoms with Crippen LogP contribution < -0.4 is 10.6 Å². The van der Waals surface area contributed by atoms with Gasteiger partial charge in [0.1, 0.15) is 17.7 Å². The second kappa shape index (κ2) is 16.1. The molecule has 0 aliphatic rings. The van der Waals surface area contributed by atoms with Crippen molar-refractivity contribution in [1.29, 1.82) is 0 Å². The normalized spacial score (nSPS) is 12.7. The number of carbonyl (C=O) groups excluding carboxylic acids is 4. The lowest BCUT2D eigenvalue weighted by molar-refractivity contribution is -0.144. The number of hydrogen-bond donors (Lipinski definition) is 3. The number of thioether (sulfide) groups is 1. The first-order valence-electron chi connectivity index (χ1n) is 12.3. The number of amides is 3. The van der Waals surface area contributed by atoms with E-state index in [-0.39, 0.29) is 26.1 Å². The molecule has 2 atom stereocenters. The SMILES string of the molecule is CCOC(=O)CCNC(=O)C(c1ccccc1C)N(CCO)C(=O)C(CCSC)NC(=O)OC(C)(C)C. The summed E-state index contributed by atoms with van der Waals surface area (Å²) in [6.45, 7) is 8.39. The van der Waals surface area contributed by atoms with Crippen molar-refractivity contribution in [3.05, 3.63) is 35.4 Å². The Morgan fingerprint density at radius 2 is 1.84 bits per heavy atom. The van der Waals surface area contributed by atoms with Crippen molar-refractivity contribution >= 4 is 35.6 Å². The van der Waals surface area contributed by atoms with Crippen LogP contribution in [0.2, 0.25) is 0 Å². The highest BCUT2D eigenvalue weighted by Crippen LogP contribution is 2.26. The van der Waals surface area contributed by atoms with Gasteiger partial charge in [-0.2, -0.15) is 11.8 Å². The van der Waals surface area contributed by atoms with Gasteiger partial charge >= 0.3 is 12.1 Å². The summed E-state index contributed by atoms with van der Waals surface area (Å²) in [5.41, 5.74) is 0.577. The summed E-state index contributed by atoms with van der Waals surface area (Å²) in [6.07, 6.45) is 1.41. The minimum absolute atomic E-state index is 0.0211. The Labute approximate surface area is 223 Å². The maximum atomic E-state index is 13.8. The van der Waals surface area contributed by atoms with E-state index in [4.69, 9.17) is 9.47 Å². The highest BCUT2D eigenvalue weighted by molar-refractivity contribution is 7.98. The van der Waals surface area contributed by atoms with Gasteiger partial charge in [-0.05, 0) is 64.2 Å². The molecule has 37 heavy (non-hydrogen) atoms. The number of rotatable bonds is 14. The Balaban J connectivity index is 3.33. The Kier molecular flexibility index (Phi) is 14.1. The molecule has 3 N–H and O–H groups in total. The molecular weight excluding hydrogens is 498 g/mol. The smallest absolute Gasteiger partial charge is 0.408 e. The fourth-order valence-corrected chi connectivity index (χ4v) is 4.05. The van der Waals surface area contributed by atoms with Crippen molar-refractivity contribution < 1.29 is 33.8 Å². The van der Waals surface area contributed by atoms with E-state index < -0.39 is 48.2 Å². The number of aliphatic hydroxyl groups is 1. The summed E-state index contributed by atoms with van der Waals surface area (Å²) in [5.74, 6) is -0.916. The zero-order valence-corrected chi connectivity index (χ0v) is 23.5. The van der Waals surface area contributed by atoms with E-state index in [2.05, 4.69) is 10.6 Å². The monoisotopic (exact) mass is 539 g/mol. The number of ether oxygens (including phenoxy) is 2. The number of esters is 1. The molecule has 0 aromatic heterocycles. The van der Waals surface area contributed by atoms with Crippen molar-refractivity contribution in [3.8, 4) is 0 Å². The molecule has 1 aromatic carbocycles. The van der Waals surface area contributed by atoms with E-state index >= 15 is 0 Å². The molecule has 2 unspecified atom stereocenters. The van der Waals surface area contributed by atoms with E-state index in [1.165, 1.54) is 16.7 Å². The number of alkyl carbamates (subject to hydrolysis) is 1. The van der Waals surface area contributed by atoms with Gasteiger partial charge in [0.25, 0.3) is 0 Å². The van der Waals surface area contributed by atoms with Crippen LogP contribution >= 0.6 is 11.8 Å². The van der Waals surface area contributed by atoms with E-state index in [9.17, 15) is 24.3 Å². The van der Waals surface area contributed by atoms with E-state index in [1.54, 1.807) is 39.8 Å². The molecule has 208 valence electrons. The molecule has 0 radical (unpaired) electrons. The quantitative estimate of drug-likeness (QED) is 0.307. The third-order valence-electron chi connectivity index (χ3n) is 5.20. The number of aryl methyl sites for hydroxylation is 1. The number of nitrogens with one attached hydrogen (secondary N) is 2. The summed E-state index contributed by atoms with van der Waals surface area (Å²) in [5, 5.41) is 15.2. The molecule has 0 saturated heterocycles. The topological polar surface area (TPSA) is 134 Å². The third kappa shape index (κ3) is 11.4. The molecule has 1 rings (SSSR count). The van der Waals surface area contributed by atoms with Crippen LogP contribution in [0.3, 0.4) is 0 Å². The van der Waals surface area contributed by atoms with Crippen molar-refractivity contribution in [3.63, 3.8) is 0 Å². The minimum Gasteiger partial charge on any atom is -0.466 e. The van der Waals surface area contributed by atoms with Gasteiger partial charge in [-0.15, -0.1) is 0 Å². The molecule has 10 nitrogen and oxygen atoms in total. The summed E-state index contributed by atoms with van der Waals surface area (Å²) in [7, 11) is 0. The summed E-state index contributed by atoms with van der Waals surface area (Å²) < 4.78 is 10.3. The molecule has 1 aromatic rings. The Morgan fingerprint density at radius 1 is 1.16 bits per heavy atom.